The van der Waals surface area contributed by atoms with Crippen LogP contribution >= 0.6 is 0 Å². The van der Waals surface area contributed by atoms with Crippen LogP contribution in [0.15, 0.2) is 24.3 Å². The van der Waals surface area contributed by atoms with Gasteiger partial charge in [0, 0.05) is 12.1 Å². The van der Waals surface area contributed by atoms with Crippen LogP contribution in [-0.4, -0.2) is 55.1 Å². The molecule has 5 rings (SSSR count). The molecular formula is C31H45NO11S2. The Morgan fingerprint density at radius 3 is 2.16 bits per heavy atom. The molecule has 252 valence electrons. The van der Waals surface area contributed by atoms with E-state index in [-0.39, 0.29) is 51.9 Å². The average Bonchev–Trinajstić information content (AvgIpc) is 3.28. The molecule has 9 unspecified atom stereocenters. The molecule has 45 heavy (non-hydrogen) atoms. The maximum absolute atomic E-state index is 12.8. The molecule has 12 nitrogen and oxygen atoms in total. The van der Waals surface area contributed by atoms with Crippen LogP contribution in [-0.2, 0) is 34.0 Å². The van der Waals surface area contributed by atoms with Crippen LogP contribution in [0.1, 0.15) is 95.3 Å². The van der Waals surface area contributed by atoms with Gasteiger partial charge in [0.05, 0.1) is 17.8 Å². The summed E-state index contributed by atoms with van der Waals surface area (Å²) < 4.78 is 76.4. The van der Waals surface area contributed by atoms with E-state index in [1.165, 1.54) is 12.1 Å². The maximum Gasteiger partial charge on any atom is 0.397 e. The highest BCUT2D eigenvalue weighted by Crippen LogP contribution is 2.69. The number of hydrogen-bond donors (Lipinski definition) is 4. The predicted octanol–water partition coefficient (Wildman–Crippen LogP) is 5.38. The third-order valence-corrected chi connectivity index (χ3v) is 13.1. The Hall–Kier alpha value is -2.10. The summed E-state index contributed by atoms with van der Waals surface area (Å²) in [6, 6.07) is 6.03. The number of carbonyl (C=O) groups is 2. The second-order valence-electron chi connectivity index (χ2n) is 14.4. The number of rotatable bonds is 10. The monoisotopic (exact) mass is 671 g/mol. The summed E-state index contributed by atoms with van der Waals surface area (Å²) in [6.07, 6.45) is 4.94. The summed E-state index contributed by atoms with van der Waals surface area (Å²) in [5.41, 5.74) is 0.371. The highest BCUT2D eigenvalue weighted by molar-refractivity contribution is 7.81. The molecule has 0 spiro atoms. The number of aromatic carboxylic acids is 1. The molecule has 10 atom stereocenters. The molecule has 0 saturated heterocycles. The van der Waals surface area contributed by atoms with Crippen molar-refractivity contribution in [1.82, 2.24) is 0 Å². The third kappa shape index (κ3) is 7.25. The van der Waals surface area contributed by atoms with Crippen LogP contribution in [0, 0.1) is 46.3 Å². The zero-order valence-corrected chi connectivity index (χ0v) is 27.6. The van der Waals surface area contributed by atoms with Gasteiger partial charge >= 0.3 is 26.8 Å². The van der Waals surface area contributed by atoms with Gasteiger partial charge in [-0.05, 0) is 128 Å². The van der Waals surface area contributed by atoms with Crippen molar-refractivity contribution in [3.63, 3.8) is 0 Å². The van der Waals surface area contributed by atoms with Crippen LogP contribution in [0.3, 0.4) is 0 Å². The zero-order chi connectivity index (χ0) is 32.9. The van der Waals surface area contributed by atoms with Crippen molar-refractivity contribution in [2.75, 3.05) is 5.32 Å². The Bertz CT molecular complexity index is 1500. The molecule has 1 amide bonds. The molecule has 14 heteroatoms. The number of nitrogens with one attached hydrogen (secondary N) is 1. The molecule has 4 N–H and O–H groups in total. The van der Waals surface area contributed by atoms with Gasteiger partial charge in [0.2, 0.25) is 5.91 Å². The molecule has 1 aromatic carbocycles. The highest BCUT2D eigenvalue weighted by atomic mass is 32.3. The topological polar surface area (TPSA) is 194 Å². The van der Waals surface area contributed by atoms with E-state index in [0.717, 1.165) is 25.7 Å². The molecular weight excluding hydrogens is 626 g/mol. The lowest BCUT2D eigenvalue weighted by Gasteiger charge is -2.62. The lowest BCUT2D eigenvalue weighted by atomic mass is 9.43. The number of carbonyl (C=O) groups excluding carboxylic acids is 1. The minimum absolute atomic E-state index is 0.106. The van der Waals surface area contributed by atoms with Gasteiger partial charge in [-0.2, -0.15) is 16.8 Å². The van der Waals surface area contributed by atoms with E-state index >= 15 is 0 Å². The predicted molar refractivity (Wildman–Crippen MR) is 164 cm³/mol. The molecule has 4 aliphatic rings. The van der Waals surface area contributed by atoms with Crippen molar-refractivity contribution in [2.45, 2.75) is 97.2 Å². The first-order valence-corrected chi connectivity index (χ1v) is 18.6. The second kappa shape index (κ2) is 12.5. The van der Waals surface area contributed by atoms with Gasteiger partial charge in [0.15, 0.2) is 0 Å². The maximum atomic E-state index is 12.8. The van der Waals surface area contributed by atoms with Crippen LogP contribution in [0.4, 0.5) is 5.69 Å². The zero-order valence-electron chi connectivity index (χ0n) is 25.9. The van der Waals surface area contributed by atoms with Crippen molar-refractivity contribution < 1.29 is 49.0 Å². The number of amides is 1. The fourth-order valence-corrected chi connectivity index (χ4v) is 11.2. The van der Waals surface area contributed by atoms with Gasteiger partial charge < -0.3 is 10.4 Å². The summed E-state index contributed by atoms with van der Waals surface area (Å²) >= 11 is 0. The highest BCUT2D eigenvalue weighted by Gasteiger charge is 2.64. The number of carboxylic acids is 1. The van der Waals surface area contributed by atoms with E-state index in [1.807, 2.05) is 0 Å². The van der Waals surface area contributed by atoms with Gasteiger partial charge in [0.1, 0.15) is 0 Å². The Morgan fingerprint density at radius 1 is 0.911 bits per heavy atom. The average molecular weight is 672 g/mol. The van der Waals surface area contributed by atoms with Crippen LogP contribution < -0.4 is 5.32 Å². The molecule has 4 fully saturated rings. The molecule has 0 aromatic heterocycles. The number of hydrogen-bond acceptors (Lipinski definition) is 8. The van der Waals surface area contributed by atoms with Gasteiger partial charge in [-0.25, -0.2) is 13.2 Å². The van der Waals surface area contributed by atoms with Crippen molar-refractivity contribution >= 4 is 38.4 Å². The lowest BCUT2D eigenvalue weighted by molar-refractivity contribution is -0.166. The Balaban J connectivity index is 1.29. The van der Waals surface area contributed by atoms with E-state index in [9.17, 15) is 35.5 Å². The summed E-state index contributed by atoms with van der Waals surface area (Å²) in [5.74, 6) is -0.601. The molecule has 0 heterocycles. The molecule has 0 aliphatic heterocycles. The normalized spacial score (nSPS) is 37.1. The van der Waals surface area contributed by atoms with Gasteiger partial charge in [-0.3, -0.25) is 13.9 Å². The first kappa shape index (κ1) is 34.2. The number of carboxylic acid groups (broad SMARTS) is 1. The first-order chi connectivity index (χ1) is 20.9. The quantitative estimate of drug-likeness (QED) is 0.233. The van der Waals surface area contributed by atoms with Gasteiger partial charge in [-0.1, -0.05) is 20.8 Å². The fraction of sp³-hybridized carbons (Fsp3) is 0.742. The van der Waals surface area contributed by atoms with Crippen molar-refractivity contribution in [1.29, 1.82) is 0 Å². The Labute approximate surface area is 265 Å². The summed E-state index contributed by atoms with van der Waals surface area (Å²) in [4.78, 5) is 23.9. The summed E-state index contributed by atoms with van der Waals surface area (Å²) in [6.45, 7) is 6.65. The van der Waals surface area contributed by atoms with Crippen LogP contribution in [0.25, 0.3) is 0 Å². The molecule has 1 aromatic rings. The summed E-state index contributed by atoms with van der Waals surface area (Å²) in [5, 5.41) is 11.9. The molecule has 4 saturated carbocycles. The molecule has 0 radical (unpaired) electrons. The van der Waals surface area contributed by atoms with E-state index in [4.69, 9.17) is 13.5 Å². The SMILES string of the molecule is CC(CCC(=O)Nc1ccc(C(=O)O)cc1)C1CCC2C3C(OS(=O)(=O)O)CC4C[C@H](OS(=O)(=O)O)CCC4(C)C3CCC12C. The number of fused-ring (bicyclic) bond motifs is 5. The van der Waals surface area contributed by atoms with E-state index in [0.29, 0.717) is 50.1 Å². The first-order valence-electron chi connectivity index (χ1n) is 15.8. The fourth-order valence-electron chi connectivity index (χ4n) is 10.1. The Kier molecular flexibility index (Phi) is 9.51. The molecule has 0 bridgehead atoms. The third-order valence-electron chi connectivity index (χ3n) is 12.1. The van der Waals surface area contributed by atoms with Gasteiger partial charge in [0.25, 0.3) is 0 Å². The number of benzene rings is 1. The van der Waals surface area contributed by atoms with Crippen molar-refractivity contribution in [3.05, 3.63) is 29.8 Å². The minimum Gasteiger partial charge on any atom is -0.478 e. The number of anilines is 1. The minimum atomic E-state index is -4.74. The van der Waals surface area contributed by atoms with Crippen molar-refractivity contribution in [2.24, 2.45) is 46.3 Å². The van der Waals surface area contributed by atoms with E-state index in [2.05, 4.69) is 26.1 Å². The van der Waals surface area contributed by atoms with Crippen LogP contribution in [0.5, 0.6) is 0 Å². The molecule has 4 aliphatic carbocycles. The summed E-state index contributed by atoms with van der Waals surface area (Å²) in [7, 11) is -9.37. The lowest BCUT2D eigenvalue weighted by Crippen LogP contribution is -2.59. The van der Waals surface area contributed by atoms with E-state index in [1.54, 1.807) is 12.1 Å². The standard InChI is InChI=1S/C31H45NO11S2/c1-18(4-11-27(33)32-21-7-5-19(6-8-21)29(34)35)23-9-10-24-28-25(13-15-31(23,24)3)30(2)14-12-22(42-44(36,37)38)16-20(30)17-26(28)43-45(39,40)41/h5-8,18,20,22-26,28H,4,9-17H2,1-3H3,(H,32,33)(H,34,35)(H,36,37,38)(H,39,40,41)/t18?,20?,22-,23?,24?,25?,26?,28?,30?,31?/m1/s1. The van der Waals surface area contributed by atoms with Crippen molar-refractivity contribution in [3.8, 4) is 0 Å². The van der Waals surface area contributed by atoms with Crippen LogP contribution in [0.2, 0.25) is 0 Å². The van der Waals surface area contributed by atoms with E-state index < -0.39 is 39.0 Å². The smallest absolute Gasteiger partial charge is 0.397 e. The second-order valence-corrected chi connectivity index (χ2v) is 16.5. The largest absolute Gasteiger partial charge is 0.478 e. The Morgan fingerprint density at radius 2 is 1.53 bits per heavy atom. The van der Waals surface area contributed by atoms with Gasteiger partial charge in [-0.15, -0.1) is 0 Å².